The van der Waals surface area contributed by atoms with E-state index in [2.05, 4.69) is 38.7 Å². The fourth-order valence-corrected chi connectivity index (χ4v) is 15.2. The van der Waals surface area contributed by atoms with Gasteiger partial charge in [0.2, 0.25) is 0 Å². The summed E-state index contributed by atoms with van der Waals surface area (Å²) in [5.41, 5.74) is 10.9. The van der Waals surface area contributed by atoms with Crippen LogP contribution in [0.4, 0.5) is 21.6 Å². The number of nitrogens with zero attached hydrogens (tertiary/aromatic N) is 10. The molecule has 4 aromatic heterocycles. The summed E-state index contributed by atoms with van der Waals surface area (Å²) in [7, 11) is 0. The van der Waals surface area contributed by atoms with Crippen LogP contribution in [-0.2, 0) is 16.3 Å². The molecule has 4 aliphatic heterocycles. The number of fused-ring (bicyclic) bond motifs is 4. The number of rotatable bonds is 5. The molecule has 53 heavy (non-hydrogen) atoms. The third-order valence-corrected chi connectivity index (χ3v) is 17.6. The molecule has 2 spiro atoms. The number of thiophene rings is 1. The number of halogens is 1. The van der Waals surface area contributed by atoms with E-state index in [4.69, 9.17) is 25.4 Å². The van der Waals surface area contributed by atoms with Crippen molar-refractivity contribution >= 4 is 34.1 Å². The Bertz CT molecular complexity index is 2100. The number of nitrogen functional groups attached to an aromatic ring is 1. The molecule has 8 heterocycles. The fraction of sp³-hybridized carbons (Fsp3) is 0.579. The monoisotopic (exact) mass is 846 g/mol. The number of likely N-dealkylation sites (tertiary alicyclic amines) is 1. The second-order valence-electron chi connectivity index (χ2n) is 15.9. The van der Waals surface area contributed by atoms with Gasteiger partial charge in [0, 0.05) is 12.4 Å². The number of alkyl halides is 2. The van der Waals surface area contributed by atoms with Crippen molar-refractivity contribution in [3.8, 4) is 17.5 Å². The Morgan fingerprint density at radius 1 is 1.15 bits per heavy atom. The fourth-order valence-electron chi connectivity index (χ4n) is 9.64. The van der Waals surface area contributed by atoms with Gasteiger partial charge in [0.05, 0.1) is 0 Å². The number of hydrogen-bond donors (Lipinski definition) is 1. The van der Waals surface area contributed by atoms with Crippen molar-refractivity contribution in [2.45, 2.75) is 79.7 Å². The van der Waals surface area contributed by atoms with E-state index in [-0.39, 0.29) is 42.2 Å². The zero-order chi connectivity index (χ0) is 35.9. The topological polar surface area (TPSA) is 149 Å². The number of nitrogens with two attached hydrogens (primary N) is 1. The van der Waals surface area contributed by atoms with Gasteiger partial charge in [-0.25, -0.2) is 9.78 Å². The van der Waals surface area contributed by atoms with Gasteiger partial charge in [-0.1, -0.05) is 0 Å². The van der Waals surface area contributed by atoms with Crippen molar-refractivity contribution < 1.29 is 30.5 Å². The van der Waals surface area contributed by atoms with Crippen molar-refractivity contribution in [3.63, 3.8) is 0 Å². The molecular weight excluding hydrogens is 801 g/mol. The average Bonchev–Trinajstić information content (AvgIpc) is 3.55. The quantitative estimate of drug-likeness (QED) is 0.231. The molecule has 13 nitrogen and oxygen atoms in total. The predicted octanol–water partition coefficient (Wildman–Crippen LogP) is 1.70. The summed E-state index contributed by atoms with van der Waals surface area (Å²) < 4.78 is 8.83. The Morgan fingerprint density at radius 3 is 2.83 bits per heavy atom. The van der Waals surface area contributed by atoms with Crippen LogP contribution in [0.15, 0.2) is 29.3 Å². The number of aryl methyl sites for hydroxylation is 1. The van der Waals surface area contributed by atoms with Crippen molar-refractivity contribution in [2.75, 3.05) is 65.8 Å². The van der Waals surface area contributed by atoms with E-state index >= 15 is 0 Å². The number of anilines is 3. The first-order valence-corrected chi connectivity index (χ1v) is 22.6. The van der Waals surface area contributed by atoms with Crippen LogP contribution in [0, 0.1) is 17.2 Å². The molecule has 4 fully saturated rings. The Labute approximate surface area is 323 Å². The number of imidazole rings is 1. The molecule has 0 bridgehead atoms. The van der Waals surface area contributed by atoms with Crippen molar-refractivity contribution in [2.24, 2.45) is 5.92 Å². The molecule has 0 aromatic carbocycles. The van der Waals surface area contributed by atoms with Crippen molar-refractivity contribution in [1.82, 2.24) is 34.5 Å². The summed E-state index contributed by atoms with van der Waals surface area (Å²) in [5, 5.41) is 15.8. The minimum absolute atomic E-state index is 0.0170. The van der Waals surface area contributed by atoms with Crippen LogP contribution >= 0.6 is 11.3 Å². The maximum absolute atomic E-state index is 13.5. The molecule has 278 valence electrons. The molecule has 6 aliphatic rings. The Balaban J connectivity index is 1.03. The number of aromatic nitrogens is 5. The minimum atomic E-state index is -0.330. The van der Waals surface area contributed by atoms with E-state index in [9.17, 15) is 10.1 Å². The second kappa shape index (κ2) is 12.9. The Morgan fingerprint density at radius 2 is 2.04 bits per heavy atom. The molecule has 2 N–H and O–H groups in total. The van der Waals surface area contributed by atoms with Crippen LogP contribution in [0.2, 0.25) is 0 Å². The van der Waals surface area contributed by atoms with Gasteiger partial charge in [-0.05, 0) is 18.8 Å². The molecule has 15 heteroatoms. The van der Waals surface area contributed by atoms with E-state index in [1.165, 1.54) is 24.3 Å². The average molecular weight is 847 g/mol. The Kier molecular flexibility index (Phi) is 8.25. The number of carbonyl (C=O) groups is 1. The van der Waals surface area contributed by atoms with Gasteiger partial charge < -0.3 is 0 Å². The number of amides is 1. The molecular formula is C38H45IN11O2S-. The SMILES string of the molecule is C[C@H]1CN(CC2CC2)CCCN1c1nc(-c2onc3c2CC[I-][C@@]32CCCc3sc(N)c(C#N)c32)cc(N2CCC3(CCN3C(=O)n3ccnc3)C2)n1. The normalized spacial score (nSPS) is 27.2. The zero-order valence-corrected chi connectivity index (χ0v) is 33.1. The van der Waals surface area contributed by atoms with Crippen molar-refractivity contribution in [1.29, 1.82) is 5.26 Å². The van der Waals surface area contributed by atoms with E-state index in [1.54, 1.807) is 34.6 Å². The zero-order valence-electron chi connectivity index (χ0n) is 30.1. The molecule has 0 radical (unpaired) electrons. The van der Waals surface area contributed by atoms with Crippen LogP contribution in [0.1, 0.15) is 79.1 Å². The summed E-state index contributed by atoms with van der Waals surface area (Å²) in [6.45, 7) is 8.74. The standard InChI is InChI=1S/C38H45IN11O2S/c1-24-20-46(21-25-5-6-25)13-3-14-49(24)35-43-28(18-30(44-35)47-15-9-37(22-47)10-16-50(37)36(51)48-17-12-42-23-48)32-26-7-11-39-38(33(26)45-52-32)8-2-4-29-31(38)27(19-40)34(41)53-29/h12,17-18,23-25H,2-11,13-16,20-22,41H2,1H3/q-1/t24-,37?,38+/m0/s1. The van der Waals surface area contributed by atoms with Crippen LogP contribution in [-0.4, -0.2) is 102 Å². The van der Waals surface area contributed by atoms with Gasteiger partial charge in [0.15, 0.2) is 0 Å². The molecule has 1 amide bonds. The van der Waals surface area contributed by atoms with Crippen LogP contribution in [0.5, 0.6) is 0 Å². The second-order valence-corrected chi connectivity index (χ2v) is 20.7. The third kappa shape index (κ3) is 5.56. The van der Waals surface area contributed by atoms with Gasteiger partial charge in [-0.15, -0.1) is 0 Å². The first-order chi connectivity index (χ1) is 25.9. The third-order valence-electron chi connectivity index (χ3n) is 12.6. The van der Waals surface area contributed by atoms with Crippen molar-refractivity contribution in [3.05, 3.63) is 52.0 Å². The van der Waals surface area contributed by atoms with Gasteiger partial charge in [-0.3, -0.25) is 4.57 Å². The van der Waals surface area contributed by atoms with E-state index in [0.29, 0.717) is 10.6 Å². The summed E-state index contributed by atoms with van der Waals surface area (Å²) in [6, 6.07) is 4.80. The first-order valence-electron chi connectivity index (χ1n) is 19.2. The van der Waals surface area contributed by atoms with E-state index < -0.39 is 0 Å². The predicted molar refractivity (Wildman–Crippen MR) is 198 cm³/mol. The van der Waals surface area contributed by atoms with Gasteiger partial charge >= 0.3 is 274 Å². The number of hydrogen-bond acceptors (Lipinski definition) is 12. The number of carbonyl (C=O) groups excluding carboxylic acids is 1. The van der Waals surface area contributed by atoms with Gasteiger partial charge in [-0.2, -0.15) is 0 Å². The summed E-state index contributed by atoms with van der Waals surface area (Å²) in [6.07, 6.45) is 14.5. The molecule has 3 atom stereocenters. The molecule has 10 rings (SSSR count). The Hall–Kier alpha value is -3.75. The number of nitriles is 1. The van der Waals surface area contributed by atoms with Crippen LogP contribution in [0.3, 0.4) is 0 Å². The van der Waals surface area contributed by atoms with Gasteiger partial charge in [0.1, 0.15) is 6.33 Å². The molecule has 4 aromatic rings. The summed E-state index contributed by atoms with van der Waals surface area (Å²) >= 11 is 1.26. The molecule has 2 aliphatic carbocycles. The molecule has 1 saturated carbocycles. The summed E-state index contributed by atoms with van der Waals surface area (Å²) in [5.74, 6) is 3.19. The van der Waals surface area contributed by atoms with E-state index in [1.807, 2.05) is 4.90 Å². The first kappa shape index (κ1) is 33.8. The van der Waals surface area contributed by atoms with Gasteiger partial charge in [0.25, 0.3) is 0 Å². The van der Waals surface area contributed by atoms with E-state index in [0.717, 1.165) is 135 Å². The van der Waals surface area contributed by atoms with Crippen LogP contribution < -0.4 is 36.7 Å². The molecule has 1 unspecified atom stereocenters. The summed E-state index contributed by atoms with van der Waals surface area (Å²) in [4.78, 5) is 38.9. The van der Waals surface area contributed by atoms with Crippen LogP contribution in [0.25, 0.3) is 11.5 Å². The maximum atomic E-state index is 13.5. The molecule has 3 saturated heterocycles.